The fraction of sp³-hybridized carbons (Fsp3) is 0.611. The number of carbonyl (C=O) groups is 1. The lowest BCUT2D eigenvalue weighted by molar-refractivity contribution is 0.0555. The van der Waals surface area contributed by atoms with E-state index in [0.29, 0.717) is 6.04 Å². The van der Waals surface area contributed by atoms with Crippen molar-refractivity contribution in [3.05, 3.63) is 23.8 Å². The summed E-state index contributed by atoms with van der Waals surface area (Å²) in [6.45, 7) is 2.98. The number of nitrogens with zero attached hydrogens (tertiary/aromatic N) is 4. The monoisotopic (exact) mass is 344 g/mol. The van der Waals surface area contributed by atoms with Crippen LogP contribution >= 0.6 is 11.7 Å². The minimum absolute atomic E-state index is 0.139. The van der Waals surface area contributed by atoms with Crippen LogP contribution in [0.15, 0.2) is 18.2 Å². The van der Waals surface area contributed by atoms with Crippen molar-refractivity contribution in [2.24, 2.45) is 5.92 Å². The Morgan fingerprint density at radius 3 is 2.67 bits per heavy atom. The van der Waals surface area contributed by atoms with Gasteiger partial charge in [-0.2, -0.15) is 8.75 Å². The molecule has 0 bridgehead atoms. The molecule has 1 atom stereocenters. The van der Waals surface area contributed by atoms with Crippen LogP contribution in [-0.4, -0.2) is 57.2 Å². The lowest BCUT2D eigenvalue weighted by Gasteiger charge is -2.42. The Bertz CT molecular complexity index is 723. The molecule has 0 unspecified atom stereocenters. The van der Waals surface area contributed by atoms with Crippen LogP contribution in [0, 0.1) is 5.92 Å². The predicted octanol–water partition coefficient (Wildman–Crippen LogP) is 3.03. The van der Waals surface area contributed by atoms with Crippen LogP contribution in [0.3, 0.4) is 0 Å². The summed E-state index contributed by atoms with van der Waals surface area (Å²) in [7, 11) is 2.26. The smallest absolute Gasteiger partial charge is 0.253 e. The number of benzene rings is 1. The number of aromatic nitrogens is 2. The normalized spacial score (nSPS) is 23.7. The molecule has 0 radical (unpaired) electrons. The van der Waals surface area contributed by atoms with E-state index in [2.05, 4.69) is 20.7 Å². The summed E-state index contributed by atoms with van der Waals surface area (Å²) < 4.78 is 8.44. The Morgan fingerprint density at radius 2 is 1.88 bits per heavy atom. The zero-order valence-electron chi connectivity index (χ0n) is 14.1. The Kier molecular flexibility index (Phi) is 4.50. The molecular formula is C18H24N4OS. The number of likely N-dealkylation sites (tertiary alicyclic amines) is 2. The number of carbonyl (C=O) groups excluding carboxylic acids is 1. The summed E-state index contributed by atoms with van der Waals surface area (Å²) in [5.41, 5.74) is 2.43. The van der Waals surface area contributed by atoms with Crippen LogP contribution in [0.5, 0.6) is 0 Å². The van der Waals surface area contributed by atoms with Crippen molar-refractivity contribution in [3.63, 3.8) is 0 Å². The number of hydrogen-bond acceptors (Lipinski definition) is 5. The average Bonchev–Trinajstić information content (AvgIpc) is 3.09. The molecule has 0 saturated carbocycles. The van der Waals surface area contributed by atoms with Crippen LogP contribution in [0.4, 0.5) is 0 Å². The lowest BCUT2D eigenvalue weighted by atomic mass is 9.84. The summed E-state index contributed by atoms with van der Waals surface area (Å²) in [6, 6.07) is 6.37. The zero-order valence-corrected chi connectivity index (χ0v) is 15.0. The lowest BCUT2D eigenvalue weighted by Crippen LogP contribution is -2.47. The standard InChI is InChI=1S/C18H24N4OS/c1-21-9-3-2-4-17(21)13-7-10-22(11-8-13)18(23)14-5-6-15-16(12-14)20-24-19-15/h5-6,12-13,17H,2-4,7-11H2,1H3/t17-/m1/s1. The van der Waals surface area contributed by atoms with E-state index in [9.17, 15) is 4.79 Å². The number of piperidine rings is 2. The highest BCUT2D eigenvalue weighted by Crippen LogP contribution is 2.30. The van der Waals surface area contributed by atoms with Crippen LogP contribution in [0.25, 0.3) is 11.0 Å². The van der Waals surface area contributed by atoms with Gasteiger partial charge in [-0.1, -0.05) is 6.42 Å². The number of fused-ring (bicyclic) bond motifs is 1. The third-order valence-corrected chi connectivity index (χ3v) is 6.26. The van der Waals surface area contributed by atoms with E-state index in [1.54, 1.807) is 0 Å². The summed E-state index contributed by atoms with van der Waals surface area (Å²) in [4.78, 5) is 17.3. The molecule has 0 aliphatic carbocycles. The quantitative estimate of drug-likeness (QED) is 0.840. The second-order valence-electron chi connectivity index (χ2n) is 7.14. The molecular weight excluding hydrogens is 320 g/mol. The summed E-state index contributed by atoms with van der Waals surface area (Å²) in [5, 5.41) is 0. The molecule has 2 aliphatic rings. The van der Waals surface area contributed by atoms with Gasteiger partial charge in [-0.3, -0.25) is 4.79 Å². The molecule has 0 spiro atoms. The molecule has 2 aliphatic heterocycles. The Morgan fingerprint density at radius 1 is 1.08 bits per heavy atom. The highest BCUT2D eigenvalue weighted by atomic mass is 32.1. The molecule has 128 valence electrons. The van der Waals surface area contributed by atoms with Crippen molar-refractivity contribution in [2.75, 3.05) is 26.7 Å². The van der Waals surface area contributed by atoms with Gasteiger partial charge in [-0.15, -0.1) is 0 Å². The molecule has 24 heavy (non-hydrogen) atoms. The van der Waals surface area contributed by atoms with Crippen molar-refractivity contribution in [1.82, 2.24) is 18.5 Å². The number of rotatable bonds is 2. The average molecular weight is 344 g/mol. The summed E-state index contributed by atoms with van der Waals surface area (Å²) in [6.07, 6.45) is 6.26. The van der Waals surface area contributed by atoms with Gasteiger partial charge in [0.15, 0.2) is 0 Å². The molecule has 0 N–H and O–H groups in total. The highest BCUT2D eigenvalue weighted by molar-refractivity contribution is 7.00. The van der Waals surface area contributed by atoms with E-state index >= 15 is 0 Å². The SMILES string of the molecule is CN1CCCC[C@@H]1C1CCN(C(=O)c2ccc3nsnc3c2)CC1. The Hall–Kier alpha value is -1.53. The molecule has 4 rings (SSSR count). The first kappa shape index (κ1) is 16.0. The van der Waals surface area contributed by atoms with Crippen molar-refractivity contribution in [1.29, 1.82) is 0 Å². The van der Waals surface area contributed by atoms with Crippen LogP contribution in [0.2, 0.25) is 0 Å². The first-order valence-corrected chi connectivity index (χ1v) is 9.67. The van der Waals surface area contributed by atoms with E-state index < -0.39 is 0 Å². The van der Waals surface area contributed by atoms with Gasteiger partial charge in [0.05, 0.1) is 11.7 Å². The highest BCUT2D eigenvalue weighted by Gasteiger charge is 2.32. The van der Waals surface area contributed by atoms with Gasteiger partial charge < -0.3 is 9.80 Å². The first-order valence-electron chi connectivity index (χ1n) is 8.94. The fourth-order valence-electron chi connectivity index (χ4n) is 4.28. The minimum Gasteiger partial charge on any atom is -0.339 e. The maximum absolute atomic E-state index is 12.8. The van der Waals surface area contributed by atoms with Gasteiger partial charge in [0.25, 0.3) is 5.91 Å². The maximum Gasteiger partial charge on any atom is 0.253 e. The molecule has 2 saturated heterocycles. The second kappa shape index (κ2) is 6.76. The van der Waals surface area contributed by atoms with E-state index in [1.807, 2.05) is 23.1 Å². The molecule has 1 aromatic carbocycles. The number of amides is 1. The topological polar surface area (TPSA) is 49.3 Å². The third kappa shape index (κ3) is 3.05. The van der Waals surface area contributed by atoms with E-state index in [-0.39, 0.29) is 5.91 Å². The van der Waals surface area contributed by atoms with E-state index in [4.69, 9.17) is 0 Å². The Balaban J connectivity index is 1.40. The van der Waals surface area contributed by atoms with Gasteiger partial charge in [0.1, 0.15) is 11.0 Å². The van der Waals surface area contributed by atoms with Crippen molar-refractivity contribution >= 4 is 28.7 Å². The van der Waals surface area contributed by atoms with Crippen LogP contribution in [-0.2, 0) is 0 Å². The van der Waals surface area contributed by atoms with Gasteiger partial charge in [0.2, 0.25) is 0 Å². The van der Waals surface area contributed by atoms with Gasteiger partial charge >= 0.3 is 0 Å². The predicted molar refractivity (Wildman–Crippen MR) is 96.3 cm³/mol. The summed E-state index contributed by atoms with van der Waals surface area (Å²) in [5.74, 6) is 0.880. The first-order chi connectivity index (χ1) is 11.7. The van der Waals surface area contributed by atoms with E-state index in [1.165, 1.54) is 37.5 Å². The fourth-order valence-corrected chi connectivity index (χ4v) is 4.80. The molecule has 6 heteroatoms. The number of hydrogen-bond donors (Lipinski definition) is 0. The van der Waals surface area contributed by atoms with Crippen LogP contribution < -0.4 is 0 Å². The maximum atomic E-state index is 12.8. The zero-order chi connectivity index (χ0) is 16.5. The molecule has 5 nitrogen and oxygen atoms in total. The van der Waals surface area contributed by atoms with Gasteiger partial charge in [0, 0.05) is 24.7 Å². The van der Waals surface area contributed by atoms with Crippen molar-refractivity contribution < 1.29 is 4.79 Å². The molecule has 2 fully saturated rings. The Labute approximate surface area is 147 Å². The van der Waals surface area contributed by atoms with Gasteiger partial charge in [-0.05, 0) is 63.4 Å². The van der Waals surface area contributed by atoms with Crippen molar-refractivity contribution in [3.8, 4) is 0 Å². The van der Waals surface area contributed by atoms with Crippen molar-refractivity contribution in [2.45, 2.75) is 38.1 Å². The van der Waals surface area contributed by atoms with E-state index in [0.717, 1.165) is 48.4 Å². The largest absolute Gasteiger partial charge is 0.339 e. The third-order valence-electron chi connectivity index (χ3n) is 5.70. The molecule has 3 heterocycles. The summed E-state index contributed by atoms with van der Waals surface area (Å²) >= 11 is 1.20. The molecule has 1 amide bonds. The van der Waals surface area contributed by atoms with Gasteiger partial charge in [-0.25, -0.2) is 0 Å². The molecule has 1 aromatic heterocycles. The minimum atomic E-state index is 0.139. The van der Waals surface area contributed by atoms with Crippen LogP contribution in [0.1, 0.15) is 42.5 Å². The molecule has 2 aromatic rings. The second-order valence-corrected chi connectivity index (χ2v) is 7.67.